The topological polar surface area (TPSA) is 121 Å². The van der Waals surface area contributed by atoms with Crippen molar-refractivity contribution in [3.63, 3.8) is 0 Å². The van der Waals surface area contributed by atoms with Gasteiger partial charge in [0.15, 0.2) is 12.1 Å². The molecule has 3 rings (SSSR count). The predicted molar refractivity (Wildman–Crippen MR) is 180 cm³/mol. The number of Topliss-reactive ketones (excluding diaryl/α,β-unsaturated/α-hetero) is 1. The molecule has 0 radical (unpaired) electrons. The first-order valence-electron chi connectivity index (χ1n) is 17.3. The van der Waals surface area contributed by atoms with E-state index in [0.717, 1.165) is 0 Å². The Hall–Kier alpha value is -1.67. The fraction of sp³-hybridized carbons (Fsp3) is 0.914. The lowest BCUT2D eigenvalue weighted by Gasteiger charge is -2.47. The number of ether oxygens (including phenoxy) is 4. The summed E-state index contributed by atoms with van der Waals surface area (Å²) in [5.74, 6) is -1.41. The van der Waals surface area contributed by atoms with Gasteiger partial charge >= 0.3 is 5.97 Å². The van der Waals surface area contributed by atoms with Gasteiger partial charge in [0.05, 0.1) is 24.4 Å². The second kappa shape index (κ2) is 15.9. The number of likely N-dealkylation sites (tertiary alicyclic amines) is 1. The maximum atomic E-state index is 14.2. The zero-order valence-corrected chi connectivity index (χ0v) is 31.3. The van der Waals surface area contributed by atoms with Crippen LogP contribution in [0, 0.1) is 23.2 Å². The molecular weight excluding hydrogens is 604 g/mol. The molecule has 3 heterocycles. The number of likely N-dealkylation sites (N-methyl/N-ethyl adjacent to an activating group) is 3. The van der Waals surface area contributed by atoms with E-state index in [1.807, 2.05) is 56.7 Å². The molecule has 12 nitrogen and oxygen atoms in total. The van der Waals surface area contributed by atoms with Crippen molar-refractivity contribution in [1.29, 1.82) is 0 Å². The number of ketones is 1. The zero-order valence-electron chi connectivity index (χ0n) is 31.3. The van der Waals surface area contributed by atoms with Gasteiger partial charge in [0.25, 0.3) is 0 Å². The van der Waals surface area contributed by atoms with Crippen LogP contribution in [0.15, 0.2) is 0 Å². The molecule has 1 N–H and O–H groups in total. The van der Waals surface area contributed by atoms with E-state index in [4.69, 9.17) is 18.9 Å². The van der Waals surface area contributed by atoms with Crippen molar-refractivity contribution in [2.24, 2.45) is 23.2 Å². The molecule has 47 heavy (non-hydrogen) atoms. The van der Waals surface area contributed by atoms with Crippen LogP contribution in [-0.4, -0.2) is 159 Å². The Kier molecular flexibility index (Phi) is 13.5. The van der Waals surface area contributed by atoms with Gasteiger partial charge in [-0.05, 0) is 88.5 Å². The van der Waals surface area contributed by atoms with E-state index in [2.05, 4.69) is 25.7 Å². The van der Waals surface area contributed by atoms with E-state index in [9.17, 15) is 19.5 Å². The minimum atomic E-state index is -1.47. The van der Waals surface area contributed by atoms with Crippen LogP contribution in [0.2, 0.25) is 0 Å². The maximum Gasteiger partial charge on any atom is 0.319 e. The third-order valence-corrected chi connectivity index (χ3v) is 11.0. The van der Waals surface area contributed by atoms with E-state index in [0.29, 0.717) is 39.0 Å². The van der Waals surface area contributed by atoms with Gasteiger partial charge in [-0.1, -0.05) is 13.8 Å². The number of carbonyl (C=O) groups excluding carboxylic acids is 3. The van der Waals surface area contributed by atoms with Crippen LogP contribution in [-0.2, 0) is 33.3 Å². The molecule has 3 aliphatic rings. The number of aliphatic hydroxyl groups excluding tert-OH is 1. The number of cyclic esters (lactones) is 1. The average molecular weight is 669 g/mol. The monoisotopic (exact) mass is 668 g/mol. The van der Waals surface area contributed by atoms with Crippen LogP contribution in [0.4, 0.5) is 0 Å². The Balaban J connectivity index is 1.90. The van der Waals surface area contributed by atoms with Crippen molar-refractivity contribution < 1.29 is 38.4 Å². The van der Waals surface area contributed by atoms with Crippen molar-refractivity contribution in [1.82, 2.24) is 19.6 Å². The van der Waals surface area contributed by atoms with E-state index in [-0.39, 0.29) is 54.4 Å². The third-order valence-electron chi connectivity index (χ3n) is 11.0. The summed E-state index contributed by atoms with van der Waals surface area (Å²) in [5, 5.41) is 11.3. The minimum Gasteiger partial charge on any atom is -0.463 e. The van der Waals surface area contributed by atoms with E-state index in [1.54, 1.807) is 27.9 Å². The van der Waals surface area contributed by atoms with Crippen LogP contribution >= 0.6 is 0 Å². The predicted octanol–water partition coefficient (Wildman–Crippen LogP) is 2.12. The highest BCUT2D eigenvalue weighted by Gasteiger charge is 2.52. The molecule has 0 spiro atoms. The van der Waals surface area contributed by atoms with Crippen molar-refractivity contribution in [2.45, 2.75) is 117 Å². The van der Waals surface area contributed by atoms with Gasteiger partial charge in [0, 0.05) is 56.7 Å². The summed E-state index contributed by atoms with van der Waals surface area (Å²) in [5.41, 5.74) is -2.43. The normalized spacial score (nSPS) is 36.9. The first-order chi connectivity index (χ1) is 21.7. The Morgan fingerprint density at radius 1 is 1.09 bits per heavy atom. The number of esters is 1. The molecule has 12 heteroatoms. The molecular formula is C35H64N4O8. The molecule has 0 aromatic heterocycles. The van der Waals surface area contributed by atoms with Crippen molar-refractivity contribution in [2.75, 3.05) is 68.1 Å². The Morgan fingerprint density at radius 2 is 1.70 bits per heavy atom. The summed E-state index contributed by atoms with van der Waals surface area (Å²) in [7, 11) is 9.42. The molecule has 1 unspecified atom stereocenters. The van der Waals surface area contributed by atoms with E-state index >= 15 is 0 Å². The zero-order chi connectivity index (χ0) is 35.6. The summed E-state index contributed by atoms with van der Waals surface area (Å²) in [6.07, 6.45) is -1.76. The lowest BCUT2D eigenvalue weighted by molar-refractivity contribution is -0.295. The highest BCUT2D eigenvalue weighted by Crippen LogP contribution is 2.38. The summed E-state index contributed by atoms with van der Waals surface area (Å²) in [4.78, 5) is 48.9. The number of carbonyl (C=O) groups is 3. The number of hydrogen-bond acceptors (Lipinski definition) is 11. The van der Waals surface area contributed by atoms with Gasteiger partial charge in [-0.25, -0.2) is 0 Å². The van der Waals surface area contributed by atoms with Crippen LogP contribution < -0.4 is 0 Å². The Labute approximate surface area is 283 Å². The standard InChI is InChI=1S/C35H64N4O8/c1-21(2)37(11)19-28(40)39-17-25(18-39)27-20-45-33(43)34(6,7)30(42)24(5)31(35(8,44-13)15-22(3)16-38(27)12)47-32-29(41)26(36(9)10)14-23(4)46-32/h21-27,29,31-32,41H,14-20H2,1-13H3/t22-,23-,24+,26+,27?,29-,31-,32+,35-/m1/s1. The number of hydrogen-bond donors (Lipinski definition) is 1. The summed E-state index contributed by atoms with van der Waals surface area (Å²) >= 11 is 0. The molecule has 3 saturated heterocycles. The molecule has 1 amide bonds. The molecule has 9 atom stereocenters. The smallest absolute Gasteiger partial charge is 0.319 e. The Morgan fingerprint density at radius 3 is 2.26 bits per heavy atom. The molecule has 0 aliphatic carbocycles. The van der Waals surface area contributed by atoms with Crippen molar-refractivity contribution in [3.05, 3.63) is 0 Å². The summed E-state index contributed by atoms with van der Waals surface area (Å²) < 4.78 is 24.9. The van der Waals surface area contributed by atoms with Crippen molar-refractivity contribution in [3.8, 4) is 0 Å². The van der Waals surface area contributed by atoms with Gasteiger partial charge in [0.1, 0.15) is 18.1 Å². The molecule has 272 valence electrons. The summed E-state index contributed by atoms with van der Waals surface area (Å²) in [6, 6.07) is -0.0506. The number of aliphatic hydroxyl groups is 1. The molecule has 3 aliphatic heterocycles. The highest BCUT2D eigenvalue weighted by atomic mass is 16.7. The lowest BCUT2D eigenvalue weighted by Crippen LogP contribution is -2.61. The van der Waals surface area contributed by atoms with Crippen LogP contribution in [0.25, 0.3) is 0 Å². The maximum absolute atomic E-state index is 14.2. The number of nitrogens with zero attached hydrogens (tertiary/aromatic N) is 4. The number of rotatable bonds is 8. The molecule has 3 fully saturated rings. The van der Waals surface area contributed by atoms with Gasteiger partial charge in [0.2, 0.25) is 5.91 Å². The Bertz CT molecular complexity index is 1080. The van der Waals surface area contributed by atoms with Gasteiger partial charge in [-0.3, -0.25) is 24.2 Å². The molecule has 0 saturated carbocycles. The second-order valence-electron chi connectivity index (χ2n) is 15.9. The molecule has 0 aromatic rings. The largest absolute Gasteiger partial charge is 0.463 e. The van der Waals surface area contributed by atoms with Gasteiger partial charge < -0.3 is 33.9 Å². The lowest BCUT2D eigenvalue weighted by atomic mass is 9.74. The van der Waals surface area contributed by atoms with Gasteiger partial charge in [-0.2, -0.15) is 0 Å². The first kappa shape index (κ1) is 39.8. The fourth-order valence-corrected chi connectivity index (χ4v) is 7.52. The first-order valence-corrected chi connectivity index (χ1v) is 17.3. The highest BCUT2D eigenvalue weighted by molar-refractivity contribution is 6.04. The SMILES string of the molecule is CO[C@]1(C)C[C@@H](C)CN(C)C(C2CN(C(=O)CN(C)C(C)C)C2)COC(=O)C(C)(C)C(=O)[C@H](C)[C@H]1O[C@@H]1O[C@H](C)C[C@H](N(C)C)[C@H]1O. The second-order valence-corrected chi connectivity index (χ2v) is 15.9. The van der Waals surface area contributed by atoms with Crippen LogP contribution in [0.5, 0.6) is 0 Å². The fourth-order valence-electron chi connectivity index (χ4n) is 7.52. The van der Waals surface area contributed by atoms with Gasteiger partial charge in [-0.15, -0.1) is 0 Å². The molecule has 0 bridgehead atoms. The van der Waals surface area contributed by atoms with Crippen LogP contribution in [0.3, 0.4) is 0 Å². The molecule has 0 aromatic carbocycles. The quantitative estimate of drug-likeness (QED) is 0.303. The number of amides is 1. The van der Waals surface area contributed by atoms with Crippen LogP contribution in [0.1, 0.15) is 68.2 Å². The summed E-state index contributed by atoms with van der Waals surface area (Å²) in [6.45, 7) is 17.4. The average Bonchev–Trinajstić information content (AvgIpc) is 2.96. The van der Waals surface area contributed by atoms with Crippen molar-refractivity contribution >= 4 is 17.7 Å². The third kappa shape index (κ3) is 9.12. The van der Waals surface area contributed by atoms with E-state index in [1.165, 1.54) is 0 Å². The minimum absolute atomic E-state index is 0.0912. The number of methoxy groups -OCH3 is 1. The van der Waals surface area contributed by atoms with E-state index < -0.39 is 41.4 Å².